The van der Waals surface area contributed by atoms with E-state index < -0.39 is 5.92 Å². The first kappa shape index (κ1) is 15.0. The van der Waals surface area contributed by atoms with Gasteiger partial charge in [0.15, 0.2) is 5.78 Å². The van der Waals surface area contributed by atoms with Gasteiger partial charge in [0.05, 0.1) is 5.56 Å². The summed E-state index contributed by atoms with van der Waals surface area (Å²) in [7, 11) is 0. The Labute approximate surface area is 142 Å². The summed E-state index contributed by atoms with van der Waals surface area (Å²) >= 11 is 6.37. The number of anilines is 2. The second kappa shape index (κ2) is 5.49. The molecule has 0 spiro atoms. The summed E-state index contributed by atoms with van der Waals surface area (Å²) in [6.45, 7) is 0. The monoisotopic (exact) mass is 342 g/mol. The van der Waals surface area contributed by atoms with Crippen LogP contribution in [0.25, 0.3) is 0 Å². The van der Waals surface area contributed by atoms with E-state index in [4.69, 9.17) is 17.3 Å². The number of ketones is 1. The first-order chi connectivity index (χ1) is 11.6. The molecule has 0 saturated heterocycles. The fraction of sp³-hybridized carbons (Fsp3) is 0.235. The van der Waals surface area contributed by atoms with Crippen LogP contribution < -0.4 is 16.6 Å². The summed E-state index contributed by atoms with van der Waals surface area (Å²) in [4.78, 5) is 31.9. The number of carbonyl (C=O) groups is 1. The van der Waals surface area contributed by atoms with E-state index in [1.165, 1.54) is 0 Å². The number of allylic oxidation sites excluding steroid dienone is 2. The zero-order chi connectivity index (χ0) is 16.8. The molecule has 1 aromatic heterocycles. The molecule has 122 valence electrons. The van der Waals surface area contributed by atoms with Gasteiger partial charge in [-0.3, -0.25) is 14.6 Å². The van der Waals surface area contributed by atoms with Crippen molar-refractivity contribution in [3.05, 3.63) is 62.0 Å². The van der Waals surface area contributed by atoms with Gasteiger partial charge in [-0.15, -0.1) is 0 Å². The number of H-pyrrole nitrogens is 1. The standard InChI is InChI=1S/C17H15ClN4O2/c18-9-5-2-1-4-8(9)12-13-10(6-3-7-11(13)23)20-15-14(12)16(24)22-17(19)21-15/h1-2,4-5,12H,3,6-7H2,(H4,19,20,21,22,24)/t12-/m1/s1. The molecule has 2 heterocycles. The second-order valence-electron chi connectivity index (χ2n) is 5.96. The number of nitrogens with two attached hydrogens (primary N) is 1. The van der Waals surface area contributed by atoms with E-state index in [0.29, 0.717) is 28.4 Å². The number of Topliss-reactive ketones (excluding diaryl/α,β-unsaturated/α-hetero) is 1. The van der Waals surface area contributed by atoms with Crippen LogP contribution in [-0.4, -0.2) is 15.8 Å². The molecule has 4 N–H and O–H groups in total. The third-order valence-corrected chi connectivity index (χ3v) is 4.84. The third kappa shape index (κ3) is 2.22. The molecule has 0 radical (unpaired) electrons. The number of benzene rings is 1. The largest absolute Gasteiger partial charge is 0.369 e. The molecular formula is C17H15ClN4O2. The van der Waals surface area contributed by atoms with Crippen LogP contribution in [0.2, 0.25) is 5.02 Å². The van der Waals surface area contributed by atoms with Gasteiger partial charge in [-0.05, 0) is 24.5 Å². The second-order valence-corrected chi connectivity index (χ2v) is 6.37. The Morgan fingerprint density at radius 2 is 2.00 bits per heavy atom. The number of aromatic amines is 1. The zero-order valence-corrected chi connectivity index (χ0v) is 13.5. The molecule has 2 aliphatic rings. The first-order valence-corrected chi connectivity index (χ1v) is 8.11. The van der Waals surface area contributed by atoms with Gasteiger partial charge in [0.25, 0.3) is 5.56 Å². The lowest BCUT2D eigenvalue weighted by atomic mass is 9.76. The number of hydrogen-bond acceptors (Lipinski definition) is 5. The molecule has 24 heavy (non-hydrogen) atoms. The SMILES string of the molecule is Nc1nc2c(c(=O)[nH]1)[C@H](c1ccccc1Cl)C1=C(CCCC1=O)N2. The van der Waals surface area contributed by atoms with Crippen LogP contribution in [0.3, 0.4) is 0 Å². The van der Waals surface area contributed by atoms with Gasteiger partial charge in [-0.25, -0.2) is 0 Å². The van der Waals surface area contributed by atoms with Gasteiger partial charge in [-0.2, -0.15) is 4.98 Å². The van der Waals surface area contributed by atoms with E-state index >= 15 is 0 Å². The maximum atomic E-state index is 12.6. The molecule has 4 rings (SSSR count). The molecule has 1 aromatic carbocycles. The summed E-state index contributed by atoms with van der Waals surface area (Å²) in [6.07, 6.45) is 1.97. The van der Waals surface area contributed by atoms with E-state index in [1.807, 2.05) is 18.2 Å². The number of nitrogens with zero attached hydrogens (tertiary/aromatic N) is 1. The van der Waals surface area contributed by atoms with Gasteiger partial charge in [0, 0.05) is 28.6 Å². The van der Waals surface area contributed by atoms with Crippen LogP contribution in [0, 0.1) is 0 Å². The molecule has 6 nitrogen and oxygen atoms in total. The average Bonchev–Trinajstić information content (AvgIpc) is 2.53. The van der Waals surface area contributed by atoms with Crippen molar-refractivity contribution in [3.63, 3.8) is 0 Å². The molecular weight excluding hydrogens is 328 g/mol. The first-order valence-electron chi connectivity index (χ1n) is 7.73. The summed E-state index contributed by atoms with van der Waals surface area (Å²) in [5.74, 6) is -0.0601. The number of nitrogen functional groups attached to an aromatic ring is 1. The predicted octanol–water partition coefficient (Wildman–Crippen LogP) is 2.57. The molecule has 7 heteroatoms. The van der Waals surface area contributed by atoms with Crippen LogP contribution in [0.5, 0.6) is 0 Å². The van der Waals surface area contributed by atoms with E-state index in [-0.39, 0.29) is 17.3 Å². The molecule has 0 amide bonds. The summed E-state index contributed by atoms with van der Waals surface area (Å²) in [6, 6.07) is 7.25. The van der Waals surface area contributed by atoms with Crippen molar-refractivity contribution in [1.82, 2.24) is 9.97 Å². The van der Waals surface area contributed by atoms with Crippen molar-refractivity contribution in [1.29, 1.82) is 0 Å². The Bertz CT molecular complexity index is 948. The number of nitrogens with one attached hydrogen (secondary N) is 2. The predicted molar refractivity (Wildman–Crippen MR) is 92.1 cm³/mol. The Morgan fingerprint density at radius 3 is 2.79 bits per heavy atom. The fourth-order valence-corrected chi connectivity index (χ4v) is 3.74. The number of fused-ring (bicyclic) bond motifs is 1. The van der Waals surface area contributed by atoms with Crippen molar-refractivity contribution in [2.45, 2.75) is 25.2 Å². The molecule has 0 bridgehead atoms. The highest BCUT2D eigenvalue weighted by molar-refractivity contribution is 6.31. The van der Waals surface area contributed by atoms with Crippen LogP contribution in [-0.2, 0) is 4.79 Å². The number of halogens is 1. The van der Waals surface area contributed by atoms with Crippen molar-refractivity contribution in [2.24, 2.45) is 0 Å². The molecule has 1 aliphatic carbocycles. The van der Waals surface area contributed by atoms with Crippen molar-refractivity contribution < 1.29 is 4.79 Å². The lowest BCUT2D eigenvalue weighted by Crippen LogP contribution is -2.33. The topological polar surface area (TPSA) is 101 Å². The number of aromatic nitrogens is 2. The Balaban J connectivity index is 2.04. The summed E-state index contributed by atoms with van der Waals surface area (Å²) < 4.78 is 0. The third-order valence-electron chi connectivity index (χ3n) is 4.49. The van der Waals surface area contributed by atoms with Gasteiger partial charge in [-0.1, -0.05) is 29.8 Å². The van der Waals surface area contributed by atoms with Crippen LogP contribution in [0.1, 0.15) is 36.3 Å². The summed E-state index contributed by atoms with van der Waals surface area (Å²) in [5, 5.41) is 3.65. The minimum Gasteiger partial charge on any atom is -0.369 e. The van der Waals surface area contributed by atoms with Crippen LogP contribution >= 0.6 is 11.6 Å². The van der Waals surface area contributed by atoms with Crippen molar-refractivity contribution >= 4 is 29.2 Å². The number of hydrogen-bond donors (Lipinski definition) is 3. The van der Waals surface area contributed by atoms with E-state index in [2.05, 4.69) is 15.3 Å². The summed E-state index contributed by atoms with van der Waals surface area (Å²) in [5.41, 5.74) is 7.84. The average molecular weight is 343 g/mol. The lowest BCUT2D eigenvalue weighted by Gasteiger charge is -2.33. The molecule has 0 fully saturated rings. The minimum atomic E-state index is -0.533. The van der Waals surface area contributed by atoms with Gasteiger partial charge in [0.1, 0.15) is 5.82 Å². The smallest absolute Gasteiger partial charge is 0.258 e. The highest BCUT2D eigenvalue weighted by Gasteiger charge is 2.38. The van der Waals surface area contributed by atoms with Crippen molar-refractivity contribution in [3.8, 4) is 0 Å². The maximum absolute atomic E-state index is 12.6. The maximum Gasteiger partial charge on any atom is 0.258 e. The highest BCUT2D eigenvalue weighted by atomic mass is 35.5. The zero-order valence-electron chi connectivity index (χ0n) is 12.7. The van der Waals surface area contributed by atoms with Crippen LogP contribution in [0.15, 0.2) is 40.3 Å². The minimum absolute atomic E-state index is 0.0374. The molecule has 1 aliphatic heterocycles. The van der Waals surface area contributed by atoms with Crippen LogP contribution in [0.4, 0.5) is 11.8 Å². The molecule has 1 atom stereocenters. The number of carbonyl (C=O) groups excluding carboxylic acids is 1. The van der Waals surface area contributed by atoms with E-state index in [1.54, 1.807) is 6.07 Å². The van der Waals surface area contributed by atoms with Crippen molar-refractivity contribution in [2.75, 3.05) is 11.1 Å². The normalized spacial score (nSPS) is 19.5. The van der Waals surface area contributed by atoms with E-state index in [0.717, 1.165) is 24.1 Å². The highest BCUT2D eigenvalue weighted by Crippen LogP contribution is 2.44. The van der Waals surface area contributed by atoms with Gasteiger partial charge in [0.2, 0.25) is 5.95 Å². The van der Waals surface area contributed by atoms with Gasteiger partial charge >= 0.3 is 0 Å². The molecule has 2 aromatic rings. The Hall–Kier alpha value is -2.60. The van der Waals surface area contributed by atoms with Gasteiger partial charge < -0.3 is 11.1 Å². The van der Waals surface area contributed by atoms with E-state index in [9.17, 15) is 9.59 Å². The Morgan fingerprint density at radius 1 is 1.21 bits per heavy atom. The molecule has 0 saturated carbocycles. The number of rotatable bonds is 1. The lowest BCUT2D eigenvalue weighted by molar-refractivity contribution is -0.116. The Kier molecular flexibility index (Phi) is 3.42. The fourth-order valence-electron chi connectivity index (χ4n) is 3.50. The quantitative estimate of drug-likeness (QED) is 0.739. The molecule has 0 unspecified atom stereocenters.